The third-order valence-electron chi connectivity index (χ3n) is 3.56. The molecule has 1 aliphatic carbocycles. The SMILES string of the molecule is C=C1N(C)CC[C@@H]2CCC2N1C. The van der Waals surface area contributed by atoms with Crippen molar-refractivity contribution in [1.82, 2.24) is 9.80 Å². The van der Waals surface area contributed by atoms with Crippen LogP contribution in [0.25, 0.3) is 0 Å². The molecular formula is C10H18N2. The van der Waals surface area contributed by atoms with Gasteiger partial charge in [-0.3, -0.25) is 0 Å². The molecule has 0 bridgehead atoms. The first-order chi connectivity index (χ1) is 5.70. The van der Waals surface area contributed by atoms with E-state index in [-0.39, 0.29) is 0 Å². The van der Waals surface area contributed by atoms with Crippen LogP contribution in [-0.4, -0.2) is 36.5 Å². The molecule has 2 nitrogen and oxygen atoms in total. The molecule has 1 saturated heterocycles. The Morgan fingerprint density at radius 2 is 2.00 bits per heavy atom. The highest BCUT2D eigenvalue weighted by molar-refractivity contribution is 5.02. The average Bonchev–Trinajstić information content (AvgIpc) is 2.04. The lowest BCUT2D eigenvalue weighted by molar-refractivity contribution is 0.114. The Labute approximate surface area is 74.8 Å². The molecule has 2 heteroatoms. The lowest BCUT2D eigenvalue weighted by atomic mass is 9.77. The fraction of sp³-hybridized carbons (Fsp3) is 0.800. The lowest BCUT2D eigenvalue weighted by Gasteiger charge is -2.42. The van der Waals surface area contributed by atoms with Crippen LogP contribution in [0.4, 0.5) is 0 Å². The Bertz CT molecular complexity index is 200. The molecule has 1 aliphatic heterocycles. The van der Waals surface area contributed by atoms with Crippen molar-refractivity contribution in [2.24, 2.45) is 5.92 Å². The van der Waals surface area contributed by atoms with Crippen molar-refractivity contribution >= 4 is 0 Å². The van der Waals surface area contributed by atoms with Crippen LogP contribution >= 0.6 is 0 Å². The summed E-state index contributed by atoms with van der Waals surface area (Å²) in [6, 6.07) is 0.794. The van der Waals surface area contributed by atoms with Crippen LogP contribution in [0.5, 0.6) is 0 Å². The van der Waals surface area contributed by atoms with Crippen LogP contribution in [0.15, 0.2) is 12.4 Å². The molecule has 0 N–H and O–H groups in total. The summed E-state index contributed by atoms with van der Waals surface area (Å²) in [6.07, 6.45) is 4.15. The summed E-state index contributed by atoms with van der Waals surface area (Å²) in [5.41, 5.74) is 0. The van der Waals surface area contributed by atoms with E-state index < -0.39 is 0 Å². The van der Waals surface area contributed by atoms with Crippen molar-refractivity contribution in [2.45, 2.75) is 25.3 Å². The predicted molar refractivity (Wildman–Crippen MR) is 50.7 cm³/mol. The molecule has 0 aromatic heterocycles. The molecule has 68 valence electrons. The summed E-state index contributed by atoms with van der Waals surface area (Å²) in [4.78, 5) is 4.64. The maximum absolute atomic E-state index is 4.11. The topological polar surface area (TPSA) is 6.48 Å². The Kier molecular flexibility index (Phi) is 1.78. The molecule has 1 saturated carbocycles. The van der Waals surface area contributed by atoms with E-state index in [1.807, 2.05) is 0 Å². The van der Waals surface area contributed by atoms with Crippen molar-refractivity contribution in [3.8, 4) is 0 Å². The standard InChI is InChI=1S/C10H18N2/c1-8-11(2)7-6-9-4-5-10(9)12(8)3/h9-10H,1,4-7H2,2-3H3/t9-,10?/m0/s1. The second kappa shape index (κ2) is 2.68. The lowest BCUT2D eigenvalue weighted by Crippen LogP contribution is -2.43. The molecule has 2 rings (SSSR count). The van der Waals surface area contributed by atoms with Crippen LogP contribution < -0.4 is 0 Å². The molecule has 2 atom stereocenters. The van der Waals surface area contributed by atoms with E-state index >= 15 is 0 Å². The van der Waals surface area contributed by atoms with E-state index in [2.05, 4.69) is 30.5 Å². The number of fused-ring (bicyclic) bond motifs is 1. The van der Waals surface area contributed by atoms with E-state index in [0.29, 0.717) is 0 Å². The van der Waals surface area contributed by atoms with Crippen molar-refractivity contribution in [3.05, 3.63) is 12.4 Å². The molecular weight excluding hydrogens is 148 g/mol. The molecule has 0 aromatic rings. The van der Waals surface area contributed by atoms with E-state index in [0.717, 1.165) is 12.0 Å². The van der Waals surface area contributed by atoms with Gasteiger partial charge in [-0.1, -0.05) is 6.58 Å². The smallest absolute Gasteiger partial charge is 0.0962 e. The quantitative estimate of drug-likeness (QED) is 0.538. The first kappa shape index (κ1) is 7.96. The zero-order valence-electron chi connectivity index (χ0n) is 8.08. The minimum atomic E-state index is 0.794. The van der Waals surface area contributed by atoms with Crippen LogP contribution in [0.3, 0.4) is 0 Å². The van der Waals surface area contributed by atoms with Gasteiger partial charge >= 0.3 is 0 Å². The fourth-order valence-electron chi connectivity index (χ4n) is 2.35. The van der Waals surface area contributed by atoms with Gasteiger partial charge < -0.3 is 9.80 Å². The molecule has 0 spiro atoms. The third-order valence-corrected chi connectivity index (χ3v) is 3.56. The van der Waals surface area contributed by atoms with E-state index in [1.165, 1.54) is 31.6 Å². The van der Waals surface area contributed by atoms with E-state index in [4.69, 9.17) is 0 Å². The van der Waals surface area contributed by atoms with Crippen LogP contribution in [0.1, 0.15) is 19.3 Å². The maximum atomic E-state index is 4.11. The minimum absolute atomic E-state index is 0.794. The Hall–Kier alpha value is -0.660. The van der Waals surface area contributed by atoms with Gasteiger partial charge in [0.2, 0.25) is 0 Å². The van der Waals surface area contributed by atoms with Crippen molar-refractivity contribution < 1.29 is 0 Å². The molecule has 1 heterocycles. The number of hydrogen-bond acceptors (Lipinski definition) is 2. The van der Waals surface area contributed by atoms with Crippen molar-refractivity contribution in [2.75, 3.05) is 20.6 Å². The summed E-state index contributed by atoms with van der Waals surface area (Å²) in [6.45, 7) is 5.29. The fourth-order valence-corrected chi connectivity index (χ4v) is 2.35. The molecule has 2 aliphatic rings. The first-order valence-corrected chi connectivity index (χ1v) is 4.83. The Morgan fingerprint density at radius 3 is 2.58 bits per heavy atom. The molecule has 2 fully saturated rings. The molecule has 0 radical (unpaired) electrons. The monoisotopic (exact) mass is 166 g/mol. The normalized spacial score (nSPS) is 35.7. The summed E-state index contributed by atoms with van der Waals surface area (Å²) in [5.74, 6) is 2.14. The summed E-state index contributed by atoms with van der Waals surface area (Å²) in [7, 11) is 4.32. The Balaban J connectivity index is 2.13. The Morgan fingerprint density at radius 1 is 1.25 bits per heavy atom. The number of rotatable bonds is 0. The largest absolute Gasteiger partial charge is 0.362 e. The van der Waals surface area contributed by atoms with E-state index in [9.17, 15) is 0 Å². The van der Waals surface area contributed by atoms with Gasteiger partial charge in [-0.15, -0.1) is 0 Å². The summed E-state index contributed by atoms with van der Waals surface area (Å²) in [5, 5.41) is 0. The van der Waals surface area contributed by atoms with Gasteiger partial charge in [0, 0.05) is 26.7 Å². The van der Waals surface area contributed by atoms with Crippen molar-refractivity contribution in [3.63, 3.8) is 0 Å². The average molecular weight is 166 g/mol. The third kappa shape index (κ3) is 1.01. The predicted octanol–water partition coefficient (Wildman–Crippen LogP) is 1.50. The van der Waals surface area contributed by atoms with Gasteiger partial charge in [-0.05, 0) is 25.2 Å². The minimum Gasteiger partial charge on any atom is -0.362 e. The molecule has 0 amide bonds. The van der Waals surface area contributed by atoms with Gasteiger partial charge in [0.25, 0.3) is 0 Å². The highest BCUT2D eigenvalue weighted by Crippen LogP contribution is 2.38. The van der Waals surface area contributed by atoms with Gasteiger partial charge in [-0.2, -0.15) is 0 Å². The number of hydrogen-bond donors (Lipinski definition) is 0. The molecule has 12 heavy (non-hydrogen) atoms. The van der Waals surface area contributed by atoms with Crippen LogP contribution in [-0.2, 0) is 0 Å². The molecule has 0 aromatic carbocycles. The van der Waals surface area contributed by atoms with E-state index in [1.54, 1.807) is 0 Å². The summed E-state index contributed by atoms with van der Waals surface area (Å²) >= 11 is 0. The van der Waals surface area contributed by atoms with Gasteiger partial charge in [-0.25, -0.2) is 0 Å². The highest BCUT2D eigenvalue weighted by Gasteiger charge is 2.36. The van der Waals surface area contributed by atoms with Gasteiger partial charge in [0.1, 0.15) is 0 Å². The number of nitrogens with zero attached hydrogens (tertiary/aromatic N) is 2. The highest BCUT2D eigenvalue weighted by atomic mass is 15.3. The zero-order valence-corrected chi connectivity index (χ0v) is 8.08. The maximum Gasteiger partial charge on any atom is 0.0962 e. The first-order valence-electron chi connectivity index (χ1n) is 4.83. The van der Waals surface area contributed by atoms with Gasteiger partial charge in [0.05, 0.1) is 5.82 Å². The second-order valence-electron chi connectivity index (χ2n) is 4.14. The van der Waals surface area contributed by atoms with Crippen LogP contribution in [0.2, 0.25) is 0 Å². The van der Waals surface area contributed by atoms with Gasteiger partial charge in [0.15, 0.2) is 0 Å². The second-order valence-corrected chi connectivity index (χ2v) is 4.14. The zero-order chi connectivity index (χ0) is 8.72. The van der Waals surface area contributed by atoms with Crippen molar-refractivity contribution in [1.29, 1.82) is 0 Å². The molecule has 1 unspecified atom stereocenters. The summed E-state index contributed by atoms with van der Waals surface area (Å²) < 4.78 is 0. The van der Waals surface area contributed by atoms with Crippen LogP contribution in [0, 0.1) is 5.92 Å².